The zero-order valence-corrected chi connectivity index (χ0v) is 12.2. The van der Waals surface area contributed by atoms with E-state index in [4.69, 9.17) is 10.5 Å². The van der Waals surface area contributed by atoms with Crippen LogP contribution in [-0.2, 0) is 14.8 Å². The number of nitrogens with two attached hydrogens (primary N) is 1. The van der Waals surface area contributed by atoms with Gasteiger partial charge in [0.2, 0.25) is 10.0 Å². The number of nitrogen functional groups attached to an aromatic ring is 1. The van der Waals surface area contributed by atoms with E-state index in [9.17, 15) is 12.8 Å². The lowest BCUT2D eigenvalue weighted by Crippen LogP contribution is -2.27. The number of rotatable bonds is 5. The van der Waals surface area contributed by atoms with Crippen LogP contribution in [-0.4, -0.2) is 28.2 Å². The van der Waals surface area contributed by atoms with Crippen molar-refractivity contribution >= 4 is 15.7 Å². The van der Waals surface area contributed by atoms with Crippen LogP contribution in [0.5, 0.6) is 0 Å². The van der Waals surface area contributed by atoms with Crippen molar-refractivity contribution in [1.29, 1.82) is 0 Å². The number of nitrogens with one attached hydrogen (secondary N) is 1. The first-order chi connectivity index (χ1) is 9.40. The first kappa shape index (κ1) is 15.2. The molecular weight excluding hydrogens is 283 g/mol. The standard InChI is InChI=1S/C13H19FN2O3S/c1-9-6-11(14)12(15)7-13(9)20(17,18)16-4-2-10-3-5-19-8-10/h6-7,10,16H,2-5,8,15H2,1H3. The number of hydrogen-bond acceptors (Lipinski definition) is 4. The van der Waals surface area contributed by atoms with Crippen molar-refractivity contribution in [2.24, 2.45) is 5.92 Å². The maximum absolute atomic E-state index is 13.2. The molecule has 1 aromatic rings. The van der Waals surface area contributed by atoms with E-state index in [2.05, 4.69) is 4.72 Å². The molecule has 112 valence electrons. The van der Waals surface area contributed by atoms with E-state index in [0.29, 0.717) is 24.6 Å². The normalized spacial score (nSPS) is 19.4. The third kappa shape index (κ3) is 3.47. The molecule has 1 aromatic carbocycles. The summed E-state index contributed by atoms with van der Waals surface area (Å²) in [6.07, 6.45) is 1.69. The fraction of sp³-hybridized carbons (Fsp3) is 0.538. The highest BCUT2D eigenvalue weighted by molar-refractivity contribution is 7.89. The third-order valence-electron chi connectivity index (χ3n) is 3.45. The highest BCUT2D eigenvalue weighted by Crippen LogP contribution is 2.22. The first-order valence-electron chi connectivity index (χ1n) is 6.53. The molecular formula is C13H19FN2O3S. The van der Waals surface area contributed by atoms with Gasteiger partial charge in [0.25, 0.3) is 0 Å². The number of sulfonamides is 1. The molecule has 3 N–H and O–H groups in total. The van der Waals surface area contributed by atoms with Gasteiger partial charge in [0, 0.05) is 19.8 Å². The van der Waals surface area contributed by atoms with Crippen LogP contribution in [0.1, 0.15) is 18.4 Å². The van der Waals surface area contributed by atoms with Crippen molar-refractivity contribution in [1.82, 2.24) is 4.72 Å². The van der Waals surface area contributed by atoms with E-state index in [1.807, 2.05) is 0 Å². The number of hydrogen-bond donors (Lipinski definition) is 2. The third-order valence-corrected chi connectivity index (χ3v) is 5.06. The minimum absolute atomic E-state index is 0.0269. The van der Waals surface area contributed by atoms with Gasteiger partial charge < -0.3 is 10.5 Å². The predicted octanol–water partition coefficient (Wildman–Crippen LogP) is 1.42. The second-order valence-electron chi connectivity index (χ2n) is 5.06. The maximum Gasteiger partial charge on any atom is 0.240 e. The lowest BCUT2D eigenvalue weighted by molar-refractivity contribution is 0.184. The van der Waals surface area contributed by atoms with Gasteiger partial charge in [-0.25, -0.2) is 17.5 Å². The molecule has 1 aliphatic heterocycles. The van der Waals surface area contributed by atoms with E-state index in [1.54, 1.807) is 6.92 Å². The van der Waals surface area contributed by atoms with Gasteiger partial charge in [0.05, 0.1) is 10.6 Å². The van der Waals surface area contributed by atoms with Crippen molar-refractivity contribution in [3.05, 3.63) is 23.5 Å². The quantitative estimate of drug-likeness (QED) is 0.806. The van der Waals surface area contributed by atoms with Crippen LogP contribution in [0.3, 0.4) is 0 Å². The Balaban J connectivity index is 2.04. The monoisotopic (exact) mass is 302 g/mol. The summed E-state index contributed by atoms with van der Waals surface area (Å²) in [7, 11) is -3.66. The highest BCUT2D eigenvalue weighted by atomic mass is 32.2. The second-order valence-corrected chi connectivity index (χ2v) is 6.79. The Morgan fingerprint density at radius 3 is 2.90 bits per heavy atom. The molecule has 0 aliphatic carbocycles. The van der Waals surface area contributed by atoms with Crippen molar-refractivity contribution < 1.29 is 17.5 Å². The summed E-state index contributed by atoms with van der Waals surface area (Å²) in [5.74, 6) is -0.207. The molecule has 0 bridgehead atoms. The summed E-state index contributed by atoms with van der Waals surface area (Å²) < 4.78 is 45.4. The molecule has 1 saturated heterocycles. The number of ether oxygens (including phenoxy) is 1. The number of anilines is 1. The summed E-state index contributed by atoms with van der Waals surface area (Å²) in [6.45, 7) is 3.31. The summed E-state index contributed by atoms with van der Waals surface area (Å²) >= 11 is 0. The largest absolute Gasteiger partial charge is 0.396 e. The molecule has 20 heavy (non-hydrogen) atoms. The van der Waals surface area contributed by atoms with Crippen LogP contribution < -0.4 is 10.5 Å². The Kier molecular flexibility index (Phi) is 4.62. The van der Waals surface area contributed by atoms with Crippen molar-refractivity contribution in [3.8, 4) is 0 Å². The van der Waals surface area contributed by atoms with Crippen LogP contribution in [0.15, 0.2) is 17.0 Å². The molecule has 0 aromatic heterocycles. The Morgan fingerprint density at radius 2 is 2.25 bits per heavy atom. The Morgan fingerprint density at radius 1 is 1.50 bits per heavy atom. The van der Waals surface area contributed by atoms with E-state index in [-0.39, 0.29) is 10.6 Å². The van der Waals surface area contributed by atoms with E-state index < -0.39 is 15.8 Å². The van der Waals surface area contributed by atoms with Crippen molar-refractivity contribution in [2.75, 3.05) is 25.5 Å². The predicted molar refractivity (Wildman–Crippen MR) is 74.3 cm³/mol. The van der Waals surface area contributed by atoms with Gasteiger partial charge >= 0.3 is 0 Å². The van der Waals surface area contributed by atoms with Gasteiger partial charge in [-0.3, -0.25) is 0 Å². The molecule has 1 unspecified atom stereocenters. The van der Waals surface area contributed by atoms with Crippen molar-refractivity contribution in [3.63, 3.8) is 0 Å². The molecule has 2 rings (SSSR count). The average molecular weight is 302 g/mol. The van der Waals surface area contributed by atoms with Gasteiger partial charge in [0.15, 0.2) is 0 Å². The maximum atomic E-state index is 13.2. The Hall–Kier alpha value is -1.18. The first-order valence-corrected chi connectivity index (χ1v) is 8.01. The zero-order valence-electron chi connectivity index (χ0n) is 11.4. The molecule has 0 amide bonds. The molecule has 5 nitrogen and oxygen atoms in total. The Bertz CT molecular complexity index is 584. The zero-order chi connectivity index (χ0) is 14.8. The number of benzene rings is 1. The van der Waals surface area contributed by atoms with Crippen molar-refractivity contribution in [2.45, 2.75) is 24.7 Å². The highest BCUT2D eigenvalue weighted by Gasteiger charge is 2.20. The van der Waals surface area contributed by atoms with Gasteiger partial charge in [-0.1, -0.05) is 0 Å². The minimum Gasteiger partial charge on any atom is -0.396 e. The van der Waals surface area contributed by atoms with Gasteiger partial charge in [0.1, 0.15) is 5.82 Å². The molecule has 1 atom stereocenters. The summed E-state index contributed by atoms with van der Waals surface area (Å²) in [5.41, 5.74) is 5.61. The van der Waals surface area contributed by atoms with Gasteiger partial charge in [-0.05, 0) is 43.4 Å². The van der Waals surface area contributed by atoms with Gasteiger partial charge in [-0.15, -0.1) is 0 Å². The average Bonchev–Trinajstić information content (AvgIpc) is 2.86. The fourth-order valence-corrected chi connectivity index (χ4v) is 3.55. The van der Waals surface area contributed by atoms with Crippen LogP contribution in [0.25, 0.3) is 0 Å². The van der Waals surface area contributed by atoms with Crippen LogP contribution in [0.2, 0.25) is 0 Å². The van der Waals surface area contributed by atoms with E-state index in [0.717, 1.165) is 31.6 Å². The molecule has 1 aliphatic rings. The molecule has 1 heterocycles. The lowest BCUT2D eigenvalue weighted by atomic mass is 10.1. The van der Waals surface area contributed by atoms with Crippen LogP contribution >= 0.6 is 0 Å². The lowest BCUT2D eigenvalue weighted by Gasteiger charge is -2.12. The van der Waals surface area contributed by atoms with Crippen LogP contribution in [0.4, 0.5) is 10.1 Å². The van der Waals surface area contributed by atoms with E-state index >= 15 is 0 Å². The summed E-state index contributed by atoms with van der Waals surface area (Å²) in [4.78, 5) is 0.0269. The molecule has 1 fully saturated rings. The summed E-state index contributed by atoms with van der Waals surface area (Å²) in [5, 5.41) is 0. The molecule has 0 spiro atoms. The van der Waals surface area contributed by atoms with Crippen LogP contribution in [0, 0.1) is 18.7 Å². The summed E-state index contributed by atoms with van der Waals surface area (Å²) in [6, 6.07) is 2.29. The fourth-order valence-electron chi connectivity index (χ4n) is 2.24. The van der Waals surface area contributed by atoms with E-state index in [1.165, 1.54) is 0 Å². The minimum atomic E-state index is -3.66. The Labute approximate surface area is 118 Å². The number of halogens is 1. The molecule has 0 saturated carbocycles. The SMILES string of the molecule is Cc1cc(F)c(N)cc1S(=O)(=O)NCCC1CCOC1. The second kappa shape index (κ2) is 6.07. The molecule has 7 heteroatoms. The smallest absolute Gasteiger partial charge is 0.240 e. The number of aryl methyl sites for hydroxylation is 1. The van der Waals surface area contributed by atoms with Gasteiger partial charge in [-0.2, -0.15) is 0 Å². The topological polar surface area (TPSA) is 81.4 Å². The molecule has 0 radical (unpaired) electrons.